The lowest BCUT2D eigenvalue weighted by Crippen LogP contribution is -2.14. The van der Waals surface area contributed by atoms with E-state index in [1.54, 1.807) is 0 Å². The molecular formula is C21H15Cl2N3O3S2. The smallest absolute Gasteiger partial charge is 0.261 e. The first kappa shape index (κ1) is 21.6. The number of rotatable bonds is 5. The average molecular weight is 492 g/mol. The SMILES string of the molecule is Cc1ccc2nc(NC(=O)c3ccc(NS(=O)(=O)c4ccc(Cl)c(Cl)c4)cc3)sc2c1. The second kappa shape index (κ2) is 8.47. The number of amides is 1. The lowest BCUT2D eigenvalue weighted by atomic mass is 10.2. The van der Waals surface area contributed by atoms with Crippen LogP contribution in [0.1, 0.15) is 15.9 Å². The molecule has 0 saturated heterocycles. The van der Waals surface area contributed by atoms with Gasteiger partial charge in [0.25, 0.3) is 15.9 Å². The van der Waals surface area contributed by atoms with Crippen molar-refractivity contribution in [2.45, 2.75) is 11.8 Å². The highest BCUT2D eigenvalue weighted by atomic mass is 35.5. The van der Waals surface area contributed by atoms with Crippen molar-refractivity contribution in [3.05, 3.63) is 81.8 Å². The number of hydrogen-bond donors (Lipinski definition) is 2. The number of aryl methyl sites for hydroxylation is 1. The molecule has 0 spiro atoms. The van der Waals surface area contributed by atoms with Crippen LogP contribution in [0.4, 0.5) is 10.8 Å². The van der Waals surface area contributed by atoms with Gasteiger partial charge in [0.1, 0.15) is 0 Å². The molecule has 1 heterocycles. The van der Waals surface area contributed by atoms with Crippen molar-refractivity contribution < 1.29 is 13.2 Å². The summed E-state index contributed by atoms with van der Waals surface area (Å²) in [4.78, 5) is 16.9. The molecule has 0 fully saturated rings. The molecule has 3 aromatic carbocycles. The van der Waals surface area contributed by atoms with Crippen molar-refractivity contribution in [3.63, 3.8) is 0 Å². The van der Waals surface area contributed by atoms with E-state index in [0.29, 0.717) is 16.4 Å². The number of nitrogens with zero attached hydrogens (tertiary/aromatic N) is 1. The van der Waals surface area contributed by atoms with Crippen molar-refractivity contribution in [3.8, 4) is 0 Å². The fourth-order valence-corrected chi connectivity index (χ4v) is 5.21. The molecule has 0 unspecified atom stereocenters. The number of halogens is 2. The number of aromatic nitrogens is 1. The van der Waals surface area contributed by atoms with E-state index in [9.17, 15) is 13.2 Å². The minimum atomic E-state index is -3.85. The summed E-state index contributed by atoms with van der Waals surface area (Å²) in [6, 6.07) is 16.0. The van der Waals surface area contributed by atoms with Gasteiger partial charge in [-0.15, -0.1) is 0 Å². The van der Waals surface area contributed by atoms with E-state index in [0.717, 1.165) is 15.8 Å². The molecule has 0 aliphatic carbocycles. The molecule has 1 amide bonds. The van der Waals surface area contributed by atoms with Crippen molar-refractivity contribution in [2.75, 3.05) is 10.0 Å². The number of benzene rings is 3. The molecule has 1 aromatic heterocycles. The molecule has 158 valence electrons. The van der Waals surface area contributed by atoms with Crippen molar-refractivity contribution in [1.82, 2.24) is 4.98 Å². The maximum atomic E-state index is 12.5. The summed E-state index contributed by atoms with van der Waals surface area (Å²) in [6.07, 6.45) is 0. The summed E-state index contributed by atoms with van der Waals surface area (Å²) < 4.78 is 28.5. The first-order chi connectivity index (χ1) is 14.7. The zero-order valence-electron chi connectivity index (χ0n) is 16.0. The fourth-order valence-electron chi connectivity index (χ4n) is 2.80. The van der Waals surface area contributed by atoms with Gasteiger partial charge in [0.2, 0.25) is 0 Å². The third kappa shape index (κ3) is 4.83. The van der Waals surface area contributed by atoms with Gasteiger partial charge in [-0.3, -0.25) is 14.8 Å². The maximum Gasteiger partial charge on any atom is 0.261 e. The zero-order chi connectivity index (χ0) is 22.2. The number of hydrogen-bond acceptors (Lipinski definition) is 5. The molecule has 4 rings (SSSR count). The number of fused-ring (bicyclic) bond motifs is 1. The molecule has 2 N–H and O–H groups in total. The van der Waals surface area contributed by atoms with E-state index in [1.165, 1.54) is 53.8 Å². The molecule has 0 aliphatic heterocycles. The minimum Gasteiger partial charge on any atom is -0.298 e. The van der Waals surface area contributed by atoms with Crippen LogP contribution in [0.3, 0.4) is 0 Å². The second-order valence-corrected chi connectivity index (χ2v) is 10.2. The Morgan fingerprint density at radius 1 is 0.968 bits per heavy atom. The van der Waals surface area contributed by atoms with E-state index >= 15 is 0 Å². The van der Waals surface area contributed by atoms with Crippen LogP contribution in [0.5, 0.6) is 0 Å². The number of carbonyl (C=O) groups excluding carboxylic acids is 1. The number of nitrogens with one attached hydrogen (secondary N) is 2. The lowest BCUT2D eigenvalue weighted by Gasteiger charge is -2.09. The highest BCUT2D eigenvalue weighted by Gasteiger charge is 2.16. The number of anilines is 2. The Balaban J connectivity index is 1.47. The largest absolute Gasteiger partial charge is 0.298 e. The van der Waals surface area contributed by atoms with Gasteiger partial charge >= 0.3 is 0 Å². The highest BCUT2D eigenvalue weighted by molar-refractivity contribution is 7.92. The molecule has 10 heteroatoms. The summed E-state index contributed by atoms with van der Waals surface area (Å²) in [5.41, 5.74) is 2.61. The Morgan fingerprint density at radius 3 is 2.42 bits per heavy atom. The standard InChI is InChI=1S/C21H15Cl2N3O3S2/c1-12-2-9-18-19(10-12)30-21(24-18)25-20(27)13-3-5-14(6-4-13)26-31(28,29)15-7-8-16(22)17(23)11-15/h2-11,26H,1H3,(H,24,25,27). The Hall–Kier alpha value is -2.65. The molecule has 0 radical (unpaired) electrons. The number of carbonyl (C=O) groups is 1. The van der Waals surface area contributed by atoms with Gasteiger partial charge in [0, 0.05) is 11.3 Å². The van der Waals surface area contributed by atoms with E-state index in [-0.39, 0.29) is 20.8 Å². The van der Waals surface area contributed by atoms with Crippen LogP contribution >= 0.6 is 34.5 Å². The Labute approximate surface area is 192 Å². The van der Waals surface area contributed by atoms with Crippen LogP contribution in [0, 0.1) is 6.92 Å². The van der Waals surface area contributed by atoms with E-state index in [1.807, 2.05) is 25.1 Å². The van der Waals surface area contributed by atoms with Crippen molar-refractivity contribution >= 4 is 71.5 Å². The van der Waals surface area contributed by atoms with E-state index < -0.39 is 10.0 Å². The first-order valence-corrected chi connectivity index (χ1v) is 12.0. The van der Waals surface area contributed by atoms with Crippen LogP contribution in [0.2, 0.25) is 10.0 Å². The molecular weight excluding hydrogens is 477 g/mol. The maximum absolute atomic E-state index is 12.5. The van der Waals surface area contributed by atoms with Gasteiger partial charge in [-0.2, -0.15) is 0 Å². The van der Waals surface area contributed by atoms with Crippen molar-refractivity contribution in [2.24, 2.45) is 0 Å². The van der Waals surface area contributed by atoms with Gasteiger partial charge in [-0.1, -0.05) is 40.6 Å². The Bertz CT molecular complexity index is 1400. The monoisotopic (exact) mass is 491 g/mol. The first-order valence-electron chi connectivity index (χ1n) is 8.98. The summed E-state index contributed by atoms with van der Waals surface area (Å²) in [5.74, 6) is -0.338. The molecule has 0 atom stereocenters. The van der Waals surface area contributed by atoms with Gasteiger partial charge < -0.3 is 0 Å². The average Bonchev–Trinajstić information content (AvgIpc) is 3.11. The predicted molar refractivity (Wildman–Crippen MR) is 126 cm³/mol. The predicted octanol–water partition coefficient (Wildman–Crippen LogP) is 5.96. The fraction of sp³-hybridized carbons (Fsp3) is 0.0476. The van der Waals surface area contributed by atoms with Crippen molar-refractivity contribution in [1.29, 1.82) is 0 Å². The van der Waals surface area contributed by atoms with Gasteiger partial charge in [-0.05, 0) is 67.1 Å². The van der Waals surface area contributed by atoms with Crippen LogP contribution < -0.4 is 10.0 Å². The number of thiazole rings is 1. The molecule has 4 aromatic rings. The Kier molecular flexibility index (Phi) is 5.90. The third-order valence-electron chi connectivity index (χ3n) is 4.37. The van der Waals surface area contributed by atoms with Crippen LogP contribution in [0.25, 0.3) is 10.2 Å². The number of sulfonamides is 1. The van der Waals surface area contributed by atoms with Crippen LogP contribution in [-0.2, 0) is 10.0 Å². The minimum absolute atomic E-state index is 0.0187. The summed E-state index contributed by atoms with van der Waals surface area (Å²) in [6.45, 7) is 1.99. The topological polar surface area (TPSA) is 88.2 Å². The summed E-state index contributed by atoms with van der Waals surface area (Å²) in [5, 5.41) is 3.67. The molecule has 31 heavy (non-hydrogen) atoms. The van der Waals surface area contributed by atoms with E-state index in [4.69, 9.17) is 23.2 Å². The molecule has 0 bridgehead atoms. The summed E-state index contributed by atoms with van der Waals surface area (Å²) in [7, 11) is -3.85. The lowest BCUT2D eigenvalue weighted by molar-refractivity contribution is 0.102. The third-order valence-corrected chi connectivity index (χ3v) is 7.42. The van der Waals surface area contributed by atoms with Crippen LogP contribution in [-0.4, -0.2) is 19.3 Å². The van der Waals surface area contributed by atoms with E-state index in [2.05, 4.69) is 15.0 Å². The second-order valence-electron chi connectivity index (χ2n) is 6.70. The Morgan fingerprint density at radius 2 is 1.71 bits per heavy atom. The van der Waals surface area contributed by atoms with Gasteiger partial charge in [-0.25, -0.2) is 13.4 Å². The van der Waals surface area contributed by atoms with Gasteiger partial charge in [0.15, 0.2) is 5.13 Å². The van der Waals surface area contributed by atoms with Gasteiger partial charge in [0.05, 0.1) is 25.2 Å². The van der Waals surface area contributed by atoms with Crippen LogP contribution in [0.15, 0.2) is 65.6 Å². The molecule has 0 saturated carbocycles. The highest BCUT2D eigenvalue weighted by Crippen LogP contribution is 2.28. The molecule has 6 nitrogen and oxygen atoms in total. The zero-order valence-corrected chi connectivity index (χ0v) is 19.2. The molecule has 0 aliphatic rings. The summed E-state index contributed by atoms with van der Waals surface area (Å²) >= 11 is 13.1. The normalized spacial score (nSPS) is 11.5. The quantitative estimate of drug-likeness (QED) is 0.360.